The first-order chi connectivity index (χ1) is 24.4. The number of hydrogen-bond donors (Lipinski definition) is 1. The molecular weight excluding hydrogens is 803 g/mol. The fourth-order valence-electron chi connectivity index (χ4n) is 7.96. The number of anilines is 1. The van der Waals surface area contributed by atoms with Gasteiger partial charge < -0.3 is 24.0 Å². The number of carbonyl (C=O) groups excluding carboxylic acids is 1. The van der Waals surface area contributed by atoms with Gasteiger partial charge in [-0.1, -0.05) is 36.7 Å². The van der Waals surface area contributed by atoms with E-state index in [2.05, 4.69) is 62.7 Å². The van der Waals surface area contributed by atoms with Gasteiger partial charge in [-0.05, 0) is 122 Å². The predicted molar refractivity (Wildman–Crippen MR) is 212 cm³/mol. The first kappa shape index (κ1) is 40.2. The molecule has 10 nitrogen and oxygen atoms in total. The van der Waals surface area contributed by atoms with E-state index in [9.17, 15) is 13.2 Å². The molecule has 5 rings (SSSR count). The Morgan fingerprint density at radius 2 is 1.90 bits per heavy atom. The van der Waals surface area contributed by atoms with Crippen molar-refractivity contribution in [3.05, 3.63) is 68.3 Å². The molecule has 0 bridgehead atoms. The molecule has 5 atom stereocenters. The maximum Gasteiger partial charge on any atom is 0.244 e. The highest BCUT2D eigenvalue weighted by atomic mass is 127. The Morgan fingerprint density at radius 3 is 2.61 bits per heavy atom. The Hall–Kier alpha value is -1.94. The van der Waals surface area contributed by atoms with E-state index in [1.165, 1.54) is 11.1 Å². The molecule has 282 valence electrons. The van der Waals surface area contributed by atoms with Crippen molar-refractivity contribution in [2.45, 2.75) is 75.1 Å². The molecule has 2 N–H and O–H groups in total. The number of ether oxygens (including phenoxy) is 3. The number of benzene rings is 2. The quantitative estimate of drug-likeness (QED) is 0.181. The zero-order valence-corrected chi connectivity index (χ0v) is 34.1. The number of fused-ring (bicyclic) bond motifs is 3. The largest absolute Gasteiger partial charge is 0.490 e. The van der Waals surface area contributed by atoms with Gasteiger partial charge >= 0.3 is 0 Å². The van der Waals surface area contributed by atoms with Gasteiger partial charge in [0.15, 0.2) is 0 Å². The molecule has 0 aromatic heterocycles. The van der Waals surface area contributed by atoms with Crippen LogP contribution in [0.2, 0.25) is 5.02 Å². The summed E-state index contributed by atoms with van der Waals surface area (Å²) in [6.07, 6.45) is 9.43. The van der Waals surface area contributed by atoms with E-state index in [4.69, 9.17) is 31.0 Å². The van der Waals surface area contributed by atoms with E-state index in [0.717, 1.165) is 71.8 Å². The number of primary sulfonamides is 1. The first-order valence-electron chi connectivity index (χ1n) is 18.0. The highest BCUT2D eigenvalue weighted by molar-refractivity contribution is 14.1. The fourth-order valence-corrected chi connectivity index (χ4v) is 9.38. The zero-order valence-electron chi connectivity index (χ0n) is 30.4. The lowest BCUT2D eigenvalue weighted by atomic mass is 9.70. The molecule has 51 heavy (non-hydrogen) atoms. The van der Waals surface area contributed by atoms with Crippen LogP contribution in [0.5, 0.6) is 5.75 Å². The minimum Gasteiger partial charge on any atom is -0.490 e. The van der Waals surface area contributed by atoms with Crippen molar-refractivity contribution in [3.63, 3.8) is 0 Å². The lowest BCUT2D eigenvalue weighted by Gasteiger charge is -2.42. The van der Waals surface area contributed by atoms with Crippen LogP contribution in [-0.2, 0) is 36.1 Å². The van der Waals surface area contributed by atoms with E-state index in [1.54, 1.807) is 21.1 Å². The maximum atomic E-state index is 14.5. The van der Waals surface area contributed by atoms with Crippen molar-refractivity contribution in [2.24, 2.45) is 11.1 Å². The summed E-state index contributed by atoms with van der Waals surface area (Å²) in [5.74, 6) is 0.664. The molecule has 3 aliphatic rings. The van der Waals surface area contributed by atoms with E-state index in [0.29, 0.717) is 39.3 Å². The van der Waals surface area contributed by atoms with E-state index < -0.39 is 21.3 Å². The van der Waals surface area contributed by atoms with Gasteiger partial charge in [0.25, 0.3) is 0 Å². The summed E-state index contributed by atoms with van der Waals surface area (Å²) in [7, 11) is -0.406. The van der Waals surface area contributed by atoms with Crippen LogP contribution < -0.4 is 14.8 Å². The lowest BCUT2D eigenvalue weighted by Crippen LogP contribution is -2.54. The number of aryl methyl sites for hydroxylation is 1. The van der Waals surface area contributed by atoms with Crippen LogP contribution in [0.4, 0.5) is 5.69 Å². The van der Waals surface area contributed by atoms with E-state index in [-0.39, 0.29) is 23.3 Å². The Balaban J connectivity index is 1.48. The second-order valence-electron chi connectivity index (χ2n) is 14.4. The molecule has 1 saturated heterocycles. The summed E-state index contributed by atoms with van der Waals surface area (Å²) < 4.78 is 42.7. The Bertz CT molecular complexity index is 1640. The molecule has 2 aromatic carbocycles. The molecular formula is C38H54ClIN4O6S. The number of nitrogens with two attached hydrogens (primary N) is 1. The number of nitrogens with zero attached hydrogens (tertiary/aromatic N) is 3. The minimum absolute atomic E-state index is 0.0110. The second kappa shape index (κ2) is 17.9. The summed E-state index contributed by atoms with van der Waals surface area (Å²) in [4.78, 5) is 21.2. The van der Waals surface area contributed by atoms with Gasteiger partial charge in [-0.25, -0.2) is 13.6 Å². The third kappa shape index (κ3) is 9.79. The first-order valence-corrected chi connectivity index (χ1v) is 21.1. The molecule has 1 spiro atoms. The number of rotatable bonds is 15. The highest BCUT2D eigenvalue weighted by Gasteiger charge is 2.44. The fraction of sp³-hybridized carbons (Fsp3) is 0.605. The van der Waals surface area contributed by atoms with Crippen molar-refractivity contribution >= 4 is 55.8 Å². The Kier molecular flexibility index (Phi) is 14.1. The number of carbonyl (C=O) groups is 1. The summed E-state index contributed by atoms with van der Waals surface area (Å²) >= 11 is 8.85. The summed E-state index contributed by atoms with van der Waals surface area (Å²) in [6.45, 7) is 8.12. The Labute approximate surface area is 323 Å². The van der Waals surface area contributed by atoms with Gasteiger partial charge in [-0.2, -0.15) is 0 Å². The normalized spacial score (nSPS) is 22.6. The van der Waals surface area contributed by atoms with Crippen molar-refractivity contribution in [1.29, 1.82) is 0 Å². The number of methoxy groups -OCH3 is 2. The molecule has 2 heterocycles. The van der Waals surface area contributed by atoms with Crippen LogP contribution in [0.1, 0.15) is 57.1 Å². The highest BCUT2D eigenvalue weighted by Crippen LogP contribution is 2.45. The monoisotopic (exact) mass is 856 g/mol. The van der Waals surface area contributed by atoms with Crippen molar-refractivity contribution in [2.75, 3.05) is 71.7 Å². The molecule has 0 radical (unpaired) electrons. The summed E-state index contributed by atoms with van der Waals surface area (Å²) in [5.41, 5.74) is 3.50. The molecule has 0 saturated carbocycles. The van der Waals surface area contributed by atoms with Crippen LogP contribution in [0.25, 0.3) is 0 Å². The molecule has 1 unspecified atom stereocenters. The molecule has 13 heteroatoms. The van der Waals surface area contributed by atoms with E-state index in [1.807, 2.05) is 30.0 Å². The number of sulfonamides is 1. The number of hydrogen-bond acceptors (Lipinski definition) is 8. The van der Waals surface area contributed by atoms with Gasteiger partial charge in [0, 0.05) is 60.4 Å². The Morgan fingerprint density at radius 1 is 1.16 bits per heavy atom. The molecule has 1 fully saturated rings. The number of halogens is 2. The molecule has 1 amide bonds. The second-order valence-corrected chi connectivity index (χ2v) is 18.0. The number of amides is 1. The lowest BCUT2D eigenvalue weighted by molar-refractivity contribution is -0.136. The molecule has 2 aromatic rings. The number of allylic oxidation sites excluding steroid dienone is 1. The molecule has 1 aliphatic carbocycles. The van der Waals surface area contributed by atoms with Crippen molar-refractivity contribution in [1.82, 2.24) is 9.80 Å². The smallest absolute Gasteiger partial charge is 0.244 e. The van der Waals surface area contributed by atoms with Crippen LogP contribution >= 0.6 is 34.2 Å². The number of likely N-dealkylation sites (tertiary alicyclic amines) is 1. The summed E-state index contributed by atoms with van der Waals surface area (Å²) in [5, 5.41) is 5.54. The minimum atomic E-state index is -3.68. The van der Waals surface area contributed by atoms with Crippen LogP contribution in [0.3, 0.4) is 0 Å². The third-order valence-corrected chi connectivity index (χ3v) is 13.5. The molecule has 2 aliphatic heterocycles. The van der Waals surface area contributed by atoms with E-state index >= 15 is 0 Å². The topological polar surface area (TPSA) is 115 Å². The van der Waals surface area contributed by atoms with Gasteiger partial charge in [0.2, 0.25) is 15.9 Å². The maximum absolute atomic E-state index is 14.5. The average molecular weight is 857 g/mol. The predicted octanol–water partition coefficient (Wildman–Crippen LogP) is 5.63. The van der Waals surface area contributed by atoms with Crippen LogP contribution in [0.15, 0.2) is 48.6 Å². The average Bonchev–Trinajstić information content (AvgIpc) is 3.49. The van der Waals surface area contributed by atoms with Crippen LogP contribution in [0, 0.1) is 9.49 Å². The van der Waals surface area contributed by atoms with Gasteiger partial charge in [0.1, 0.15) is 11.8 Å². The standard InChI is InChI=1S/C38H54ClIN4O6S/c1-27(28(2)51(41,46)47)8-5-11-34(37(45)42(18-20-48-3)19-21-49-4)44-17-7-10-32(44)24-43-25-38(26-50-36-15-13-31(40)23-35(36)43)16-6-9-29-22-30(39)12-14-33(29)38/h5,11-15,22-23,27-28,32,34H,6-10,16-21,24-26H2,1-4H3,(H2,41,46,47)/b11-5+/t27-,28+,32-,34?,38-/m0/s1. The third-order valence-electron chi connectivity index (χ3n) is 11.1. The van der Waals surface area contributed by atoms with Gasteiger partial charge in [-0.15, -0.1) is 0 Å². The SMILES string of the molecule is COCCN(CCOC)C(=O)C(/C=C/C[C@H](C)[C@@H](C)S(N)(=O)=O)N1CCC[C@H]1CN1C[C@@]2(CCCc3cc(Cl)ccc32)COc2ccc(I)cc21. The summed E-state index contributed by atoms with van der Waals surface area (Å²) in [6, 6.07) is 12.3. The van der Waals surface area contributed by atoms with Gasteiger partial charge in [0.05, 0.1) is 30.8 Å². The van der Waals surface area contributed by atoms with Crippen molar-refractivity contribution in [3.8, 4) is 5.75 Å². The zero-order chi connectivity index (χ0) is 36.8. The van der Waals surface area contributed by atoms with Crippen LogP contribution in [-0.4, -0.2) is 108 Å². The van der Waals surface area contributed by atoms with Gasteiger partial charge in [-0.3, -0.25) is 9.69 Å². The van der Waals surface area contributed by atoms with Crippen molar-refractivity contribution < 1.29 is 27.4 Å².